The maximum atomic E-state index is 5.54. The zero-order valence-electron chi connectivity index (χ0n) is 15.9. The van der Waals surface area contributed by atoms with Crippen LogP contribution in [-0.4, -0.2) is 55.7 Å². The highest BCUT2D eigenvalue weighted by molar-refractivity contribution is 7.71. The highest BCUT2D eigenvalue weighted by atomic mass is 32.1. The van der Waals surface area contributed by atoms with Gasteiger partial charge in [-0.25, -0.2) is 4.68 Å². The summed E-state index contributed by atoms with van der Waals surface area (Å²) in [7, 11) is 0. The maximum Gasteiger partial charge on any atom is 0.217 e. The Hall–Kier alpha value is -2.55. The average molecular weight is 397 g/mol. The normalized spacial score (nSPS) is 16.2. The molecular weight excluding hydrogens is 372 g/mol. The minimum Gasteiger partial charge on any atom is -0.462 e. The second kappa shape index (κ2) is 8.64. The Labute approximate surface area is 169 Å². The predicted octanol–water partition coefficient (Wildman–Crippen LogP) is 3.18. The molecular formula is C20H24N6OS. The molecule has 0 atom stereocenters. The van der Waals surface area contributed by atoms with Gasteiger partial charge in [0.2, 0.25) is 4.77 Å². The van der Waals surface area contributed by atoms with E-state index in [0.29, 0.717) is 4.77 Å². The second-order valence-corrected chi connectivity index (χ2v) is 7.36. The minimum atomic E-state index is 0.563. The predicted molar refractivity (Wildman–Crippen MR) is 111 cm³/mol. The van der Waals surface area contributed by atoms with Crippen molar-refractivity contribution in [2.75, 3.05) is 26.2 Å². The third kappa shape index (κ3) is 4.83. The molecule has 0 amide bonds. The summed E-state index contributed by atoms with van der Waals surface area (Å²) in [5, 5.41) is 3.27. The van der Waals surface area contributed by atoms with E-state index in [2.05, 4.69) is 30.9 Å². The first kappa shape index (κ1) is 18.8. The summed E-state index contributed by atoms with van der Waals surface area (Å²) in [4.78, 5) is 13.5. The van der Waals surface area contributed by atoms with Crippen molar-refractivity contribution in [2.24, 2.45) is 0 Å². The SMILES string of the molecule is Cc1ccc(C=Cc2nc(=S)n(CN3CCN(Cc4cccnc4)CC3)[nH]2)o1. The van der Waals surface area contributed by atoms with E-state index in [1.165, 1.54) is 5.56 Å². The smallest absolute Gasteiger partial charge is 0.217 e. The van der Waals surface area contributed by atoms with E-state index in [9.17, 15) is 0 Å². The van der Waals surface area contributed by atoms with Gasteiger partial charge >= 0.3 is 0 Å². The fourth-order valence-electron chi connectivity index (χ4n) is 3.29. The quantitative estimate of drug-likeness (QED) is 0.646. The van der Waals surface area contributed by atoms with Crippen molar-refractivity contribution < 1.29 is 4.42 Å². The summed E-state index contributed by atoms with van der Waals surface area (Å²) in [6.45, 7) is 7.65. The number of pyridine rings is 1. The summed E-state index contributed by atoms with van der Waals surface area (Å²) in [6, 6.07) is 7.99. The van der Waals surface area contributed by atoms with E-state index in [0.717, 1.165) is 56.7 Å². The third-order valence-corrected chi connectivity index (χ3v) is 5.11. The Kier molecular flexibility index (Phi) is 5.80. The summed E-state index contributed by atoms with van der Waals surface area (Å²) in [5.74, 6) is 2.42. The van der Waals surface area contributed by atoms with E-state index in [1.807, 2.05) is 54.4 Å². The largest absolute Gasteiger partial charge is 0.462 e. The van der Waals surface area contributed by atoms with Gasteiger partial charge in [-0.15, -0.1) is 0 Å². The molecule has 0 saturated carbocycles. The average Bonchev–Trinajstić information content (AvgIpc) is 3.28. The number of aromatic amines is 1. The zero-order chi connectivity index (χ0) is 19.3. The van der Waals surface area contributed by atoms with Crippen LogP contribution >= 0.6 is 12.2 Å². The Balaban J connectivity index is 1.31. The van der Waals surface area contributed by atoms with Gasteiger partial charge in [-0.3, -0.25) is 19.9 Å². The molecule has 4 heterocycles. The van der Waals surface area contributed by atoms with Crippen molar-refractivity contribution in [1.29, 1.82) is 0 Å². The number of nitrogens with zero attached hydrogens (tertiary/aromatic N) is 5. The number of nitrogens with one attached hydrogen (secondary N) is 1. The molecule has 28 heavy (non-hydrogen) atoms. The van der Waals surface area contributed by atoms with Gasteiger partial charge < -0.3 is 4.42 Å². The number of piperazine rings is 1. The van der Waals surface area contributed by atoms with Crippen LogP contribution in [0.2, 0.25) is 0 Å². The van der Waals surface area contributed by atoms with E-state index >= 15 is 0 Å². The van der Waals surface area contributed by atoms with Crippen molar-refractivity contribution in [3.8, 4) is 0 Å². The van der Waals surface area contributed by atoms with Gasteiger partial charge in [-0.2, -0.15) is 4.98 Å². The number of aromatic nitrogens is 4. The molecule has 4 rings (SSSR count). The lowest BCUT2D eigenvalue weighted by Gasteiger charge is -2.34. The first-order chi connectivity index (χ1) is 13.7. The molecule has 7 nitrogen and oxygen atoms in total. The van der Waals surface area contributed by atoms with Crippen LogP contribution in [0.1, 0.15) is 22.9 Å². The van der Waals surface area contributed by atoms with E-state index in [4.69, 9.17) is 16.6 Å². The van der Waals surface area contributed by atoms with Gasteiger partial charge in [-0.05, 0) is 55.1 Å². The number of aryl methyl sites for hydroxylation is 1. The van der Waals surface area contributed by atoms with Crippen molar-refractivity contribution in [1.82, 2.24) is 29.5 Å². The van der Waals surface area contributed by atoms with Gasteiger partial charge in [-0.1, -0.05) is 6.07 Å². The number of hydrogen-bond donors (Lipinski definition) is 1. The van der Waals surface area contributed by atoms with Gasteiger partial charge in [0.1, 0.15) is 17.3 Å². The Morgan fingerprint density at radius 3 is 2.68 bits per heavy atom. The van der Waals surface area contributed by atoms with Crippen LogP contribution in [0, 0.1) is 11.7 Å². The lowest BCUT2D eigenvalue weighted by atomic mass is 10.2. The summed E-state index contributed by atoms with van der Waals surface area (Å²) in [5.41, 5.74) is 1.26. The third-order valence-electron chi connectivity index (χ3n) is 4.80. The standard InChI is InChI=1S/C20H24N6OS/c1-16-4-5-18(27-16)6-7-19-22-20(28)26(23-19)15-25-11-9-24(10-12-25)14-17-3-2-8-21-13-17/h2-8,13H,9-12,14-15H2,1H3,(H,22,23,28). The summed E-state index contributed by atoms with van der Waals surface area (Å²) < 4.78 is 8.02. The molecule has 146 valence electrons. The molecule has 0 radical (unpaired) electrons. The molecule has 1 fully saturated rings. The number of H-pyrrole nitrogens is 1. The highest BCUT2D eigenvalue weighted by Gasteiger charge is 2.17. The van der Waals surface area contributed by atoms with E-state index < -0.39 is 0 Å². The molecule has 1 N–H and O–H groups in total. The molecule has 3 aromatic heterocycles. The lowest BCUT2D eigenvalue weighted by Crippen LogP contribution is -2.46. The van der Waals surface area contributed by atoms with Crippen LogP contribution in [0.4, 0.5) is 0 Å². The molecule has 1 aliphatic heterocycles. The Bertz CT molecular complexity index is 982. The number of hydrogen-bond acceptors (Lipinski definition) is 6. The van der Waals surface area contributed by atoms with Crippen LogP contribution in [0.3, 0.4) is 0 Å². The van der Waals surface area contributed by atoms with Gasteiger partial charge in [0.05, 0.1) is 6.67 Å². The van der Waals surface area contributed by atoms with Crippen LogP contribution in [0.25, 0.3) is 12.2 Å². The van der Waals surface area contributed by atoms with Crippen molar-refractivity contribution in [3.05, 3.63) is 64.3 Å². The minimum absolute atomic E-state index is 0.563. The monoisotopic (exact) mass is 396 g/mol. The molecule has 1 saturated heterocycles. The van der Waals surface area contributed by atoms with Gasteiger partial charge in [0.25, 0.3) is 0 Å². The maximum absolute atomic E-state index is 5.54. The van der Waals surface area contributed by atoms with Crippen molar-refractivity contribution in [3.63, 3.8) is 0 Å². The van der Waals surface area contributed by atoms with Crippen molar-refractivity contribution >= 4 is 24.4 Å². The van der Waals surface area contributed by atoms with Crippen LogP contribution < -0.4 is 0 Å². The Morgan fingerprint density at radius 2 is 1.96 bits per heavy atom. The van der Waals surface area contributed by atoms with E-state index in [-0.39, 0.29) is 0 Å². The first-order valence-electron chi connectivity index (χ1n) is 9.41. The zero-order valence-corrected chi connectivity index (χ0v) is 16.7. The fourth-order valence-corrected chi connectivity index (χ4v) is 3.49. The summed E-state index contributed by atoms with van der Waals surface area (Å²) in [6.07, 6.45) is 7.53. The molecule has 0 aliphatic carbocycles. The summed E-state index contributed by atoms with van der Waals surface area (Å²) >= 11 is 5.41. The molecule has 3 aromatic rings. The Morgan fingerprint density at radius 1 is 1.14 bits per heavy atom. The number of furan rings is 1. The molecule has 0 unspecified atom stereocenters. The molecule has 0 bridgehead atoms. The molecule has 8 heteroatoms. The van der Waals surface area contributed by atoms with Gasteiger partial charge in [0.15, 0.2) is 0 Å². The van der Waals surface area contributed by atoms with Crippen LogP contribution in [0.5, 0.6) is 0 Å². The van der Waals surface area contributed by atoms with Gasteiger partial charge in [0, 0.05) is 45.1 Å². The lowest BCUT2D eigenvalue weighted by molar-refractivity contribution is 0.0981. The van der Waals surface area contributed by atoms with E-state index in [1.54, 1.807) is 0 Å². The fraction of sp³-hybridized carbons (Fsp3) is 0.350. The number of rotatable bonds is 6. The van der Waals surface area contributed by atoms with Crippen molar-refractivity contribution in [2.45, 2.75) is 20.1 Å². The molecule has 1 aliphatic rings. The van der Waals surface area contributed by atoms with Crippen LogP contribution in [0.15, 0.2) is 41.1 Å². The first-order valence-corrected chi connectivity index (χ1v) is 9.81. The molecule has 0 spiro atoms. The topological polar surface area (TPSA) is 66.1 Å². The van der Waals surface area contributed by atoms with Crippen LogP contribution in [-0.2, 0) is 13.2 Å². The highest BCUT2D eigenvalue weighted by Crippen LogP contribution is 2.11. The molecule has 0 aromatic carbocycles. The second-order valence-electron chi connectivity index (χ2n) is 7.00.